The zero-order valence-corrected chi connectivity index (χ0v) is 20.2. The van der Waals surface area contributed by atoms with Gasteiger partial charge in [-0.3, -0.25) is 0 Å². The minimum atomic E-state index is -0.394. The normalized spacial score (nSPS) is 11.9. The number of rotatable bonds is 9. The summed E-state index contributed by atoms with van der Waals surface area (Å²) in [6.07, 6.45) is 3.19. The highest BCUT2D eigenvalue weighted by Crippen LogP contribution is 2.35. The number of hydrogen-bond donors (Lipinski definition) is 0. The predicted octanol–water partition coefficient (Wildman–Crippen LogP) is 6.88. The molecule has 0 aliphatic carbocycles. The summed E-state index contributed by atoms with van der Waals surface area (Å²) in [5.74, 6) is 0. The molecule has 5 heteroatoms. The van der Waals surface area contributed by atoms with Gasteiger partial charge in [0.05, 0.1) is 36.5 Å². The van der Waals surface area contributed by atoms with Crippen LogP contribution in [0.5, 0.6) is 0 Å². The third-order valence-electron chi connectivity index (χ3n) is 6.25. The zero-order valence-electron chi connectivity index (χ0n) is 20.2. The lowest BCUT2D eigenvalue weighted by molar-refractivity contribution is 0.0467. The van der Waals surface area contributed by atoms with Crippen molar-refractivity contribution in [2.24, 2.45) is 0 Å². The Morgan fingerprint density at radius 3 is 2.56 bits per heavy atom. The van der Waals surface area contributed by atoms with Crippen LogP contribution in [0.15, 0.2) is 104 Å². The monoisotopic (exact) mass is 473 g/mol. The number of aromatic nitrogens is 2. The van der Waals surface area contributed by atoms with E-state index in [0.29, 0.717) is 25.5 Å². The van der Waals surface area contributed by atoms with E-state index in [9.17, 15) is 5.26 Å². The quantitative estimate of drug-likeness (QED) is 0.234. The number of benzene rings is 4. The van der Waals surface area contributed by atoms with Gasteiger partial charge in [-0.1, -0.05) is 78.9 Å². The van der Waals surface area contributed by atoms with Crippen LogP contribution >= 0.6 is 0 Å². The first-order valence-electron chi connectivity index (χ1n) is 12.0. The molecule has 5 aromatic rings. The largest absolute Gasteiger partial charge is 0.363 e. The average Bonchev–Trinajstić information content (AvgIpc) is 3.40. The average molecular weight is 474 g/mol. The molecule has 0 aliphatic heterocycles. The first-order valence-corrected chi connectivity index (χ1v) is 12.0. The van der Waals surface area contributed by atoms with E-state index in [4.69, 9.17) is 9.47 Å². The van der Waals surface area contributed by atoms with Crippen molar-refractivity contribution in [1.29, 1.82) is 5.26 Å². The molecule has 36 heavy (non-hydrogen) atoms. The maximum Gasteiger partial charge on any atom is 0.125 e. The second kappa shape index (κ2) is 11.0. The van der Waals surface area contributed by atoms with Crippen LogP contribution in [0.3, 0.4) is 0 Å². The summed E-state index contributed by atoms with van der Waals surface area (Å²) >= 11 is 0. The van der Waals surface area contributed by atoms with Gasteiger partial charge in [0, 0.05) is 12.2 Å². The lowest BCUT2D eigenvalue weighted by Crippen LogP contribution is -2.14. The van der Waals surface area contributed by atoms with Crippen molar-refractivity contribution >= 4 is 10.8 Å². The topological polar surface area (TPSA) is 60.1 Å². The first-order chi connectivity index (χ1) is 17.8. The van der Waals surface area contributed by atoms with Crippen molar-refractivity contribution in [3.05, 3.63) is 126 Å². The Morgan fingerprint density at radius 1 is 0.917 bits per heavy atom. The van der Waals surface area contributed by atoms with E-state index in [1.807, 2.05) is 66.2 Å². The molecule has 0 radical (unpaired) electrons. The van der Waals surface area contributed by atoms with E-state index in [1.54, 1.807) is 6.33 Å². The van der Waals surface area contributed by atoms with Crippen molar-refractivity contribution in [1.82, 2.24) is 9.55 Å². The van der Waals surface area contributed by atoms with Crippen LogP contribution in [0.25, 0.3) is 21.9 Å². The van der Waals surface area contributed by atoms with Crippen molar-refractivity contribution in [3.8, 4) is 17.2 Å². The molecule has 0 bridgehead atoms. The number of fused-ring (bicyclic) bond motifs is 1. The molecule has 178 valence electrons. The molecule has 0 N–H and O–H groups in total. The fraction of sp³-hybridized carbons (Fsp3) is 0.161. The number of ether oxygens (including phenoxy) is 2. The molecule has 1 aromatic heterocycles. The highest BCUT2D eigenvalue weighted by atomic mass is 16.5. The first kappa shape index (κ1) is 23.5. The van der Waals surface area contributed by atoms with Gasteiger partial charge in [0.25, 0.3) is 0 Å². The Labute approximate surface area is 211 Å². The molecule has 0 saturated carbocycles. The Kier molecular flexibility index (Phi) is 7.18. The van der Waals surface area contributed by atoms with E-state index >= 15 is 0 Å². The molecular formula is C31H27N3O2. The lowest BCUT2D eigenvalue weighted by atomic mass is 9.92. The summed E-state index contributed by atoms with van der Waals surface area (Å²) in [7, 11) is 0. The van der Waals surface area contributed by atoms with Gasteiger partial charge in [0.1, 0.15) is 12.8 Å². The van der Waals surface area contributed by atoms with Gasteiger partial charge in [0.15, 0.2) is 0 Å². The Bertz CT molecular complexity index is 1500. The van der Waals surface area contributed by atoms with Crippen LogP contribution in [-0.4, -0.2) is 16.2 Å². The third kappa shape index (κ3) is 4.92. The SMILES string of the molecule is CCOCn1cncc1C(OCc1ccccc1)c1ccc(C#N)c(-c2cccc3ccccc23)c1. The number of imidazole rings is 1. The molecule has 4 aromatic carbocycles. The zero-order chi connectivity index (χ0) is 24.7. The van der Waals surface area contributed by atoms with Crippen molar-refractivity contribution < 1.29 is 9.47 Å². The Hall–Kier alpha value is -4.24. The standard InChI is InChI=1S/C31H27N3O2/c1-2-35-22-34-21-33-19-30(34)31(36-20-23-9-4-3-5-10-23)25-15-16-26(18-32)29(17-25)28-14-8-12-24-11-6-7-13-27(24)28/h3-17,19,21,31H,2,20,22H2,1H3. The third-order valence-corrected chi connectivity index (χ3v) is 6.25. The fourth-order valence-corrected chi connectivity index (χ4v) is 4.46. The van der Waals surface area contributed by atoms with Gasteiger partial charge in [-0.05, 0) is 46.5 Å². The maximum atomic E-state index is 9.95. The van der Waals surface area contributed by atoms with E-state index in [2.05, 4.69) is 53.5 Å². The fourth-order valence-electron chi connectivity index (χ4n) is 4.46. The predicted molar refractivity (Wildman–Crippen MR) is 141 cm³/mol. The molecule has 5 nitrogen and oxygen atoms in total. The van der Waals surface area contributed by atoms with Crippen LogP contribution in [0.2, 0.25) is 0 Å². The van der Waals surface area contributed by atoms with Crippen molar-refractivity contribution in [2.45, 2.75) is 26.4 Å². The Balaban J connectivity index is 1.61. The molecule has 1 heterocycles. The highest BCUT2D eigenvalue weighted by Gasteiger charge is 2.22. The Morgan fingerprint density at radius 2 is 1.72 bits per heavy atom. The van der Waals surface area contributed by atoms with Gasteiger partial charge in [-0.2, -0.15) is 5.26 Å². The van der Waals surface area contributed by atoms with Crippen molar-refractivity contribution in [3.63, 3.8) is 0 Å². The molecule has 0 aliphatic rings. The molecule has 0 saturated heterocycles. The molecular weight excluding hydrogens is 446 g/mol. The van der Waals surface area contributed by atoms with Crippen LogP contribution in [0.1, 0.15) is 35.4 Å². The smallest absolute Gasteiger partial charge is 0.125 e. The summed E-state index contributed by atoms with van der Waals surface area (Å²) in [6.45, 7) is 3.41. The van der Waals surface area contributed by atoms with Crippen LogP contribution in [0.4, 0.5) is 0 Å². The van der Waals surface area contributed by atoms with Gasteiger partial charge in [-0.15, -0.1) is 0 Å². The number of hydrogen-bond acceptors (Lipinski definition) is 4. The van der Waals surface area contributed by atoms with Crippen LogP contribution in [-0.2, 0) is 22.8 Å². The van der Waals surface area contributed by atoms with Crippen molar-refractivity contribution in [2.75, 3.05) is 6.61 Å². The van der Waals surface area contributed by atoms with Gasteiger partial charge < -0.3 is 14.0 Å². The molecule has 1 atom stereocenters. The van der Waals surface area contributed by atoms with Gasteiger partial charge in [0.2, 0.25) is 0 Å². The van der Waals surface area contributed by atoms with Crippen LogP contribution in [0, 0.1) is 11.3 Å². The molecule has 1 unspecified atom stereocenters. The van der Waals surface area contributed by atoms with Crippen LogP contribution < -0.4 is 0 Å². The van der Waals surface area contributed by atoms with E-state index < -0.39 is 6.10 Å². The molecule has 0 spiro atoms. The second-order valence-corrected chi connectivity index (χ2v) is 8.53. The lowest BCUT2D eigenvalue weighted by Gasteiger charge is -2.22. The maximum absolute atomic E-state index is 9.95. The van der Waals surface area contributed by atoms with Gasteiger partial charge >= 0.3 is 0 Å². The molecule has 5 rings (SSSR count). The van der Waals surface area contributed by atoms with E-state index in [0.717, 1.165) is 38.7 Å². The minimum absolute atomic E-state index is 0.392. The summed E-state index contributed by atoms with van der Waals surface area (Å²) in [5, 5.41) is 12.2. The summed E-state index contributed by atoms with van der Waals surface area (Å²) in [5.41, 5.74) is 5.47. The summed E-state index contributed by atoms with van der Waals surface area (Å²) in [6, 6.07) is 32.9. The molecule has 0 amide bonds. The minimum Gasteiger partial charge on any atom is -0.363 e. The number of nitrogens with zero attached hydrogens (tertiary/aromatic N) is 3. The summed E-state index contributed by atoms with van der Waals surface area (Å²) < 4.78 is 14.2. The summed E-state index contributed by atoms with van der Waals surface area (Å²) in [4.78, 5) is 4.38. The number of nitriles is 1. The van der Waals surface area contributed by atoms with E-state index in [-0.39, 0.29) is 0 Å². The van der Waals surface area contributed by atoms with Gasteiger partial charge in [-0.25, -0.2) is 4.98 Å². The highest BCUT2D eigenvalue weighted by molar-refractivity contribution is 5.97. The second-order valence-electron chi connectivity index (χ2n) is 8.53. The van der Waals surface area contributed by atoms with E-state index in [1.165, 1.54) is 0 Å². The molecule has 0 fully saturated rings.